The van der Waals surface area contributed by atoms with Crippen LogP contribution in [-0.2, 0) is 4.74 Å². The third kappa shape index (κ3) is 2.89. The van der Waals surface area contributed by atoms with Crippen molar-refractivity contribution in [2.45, 2.75) is 32.3 Å². The molecule has 8 nitrogen and oxygen atoms in total. The second-order valence-corrected chi connectivity index (χ2v) is 7.29. The molecule has 0 aliphatic carbocycles. The Labute approximate surface area is 148 Å². The molecule has 0 bridgehead atoms. The largest absolute Gasteiger partial charge is 0.444 e. The number of ether oxygens (including phenoxy) is 1. The first-order valence-electron chi connectivity index (χ1n) is 8.25. The van der Waals surface area contributed by atoms with Crippen molar-refractivity contribution in [1.29, 1.82) is 0 Å². The predicted molar refractivity (Wildman–Crippen MR) is 89.9 cm³/mol. The number of fused-ring (bicyclic) bond motifs is 1. The highest BCUT2D eigenvalue weighted by Gasteiger charge is 2.38. The normalized spacial score (nSPS) is 15.3. The lowest BCUT2D eigenvalue weighted by Crippen LogP contribution is -2.50. The number of H-pyrrole nitrogens is 1. The third-order valence-corrected chi connectivity index (χ3v) is 4.12. The molecular formula is C17H18FN5O3. The van der Waals surface area contributed by atoms with Crippen molar-refractivity contribution in [3.8, 4) is 11.4 Å². The van der Waals surface area contributed by atoms with Crippen LogP contribution in [0.4, 0.5) is 9.18 Å². The minimum absolute atomic E-state index is 0.0876. The van der Waals surface area contributed by atoms with Crippen molar-refractivity contribution >= 4 is 17.0 Å². The first kappa shape index (κ1) is 16.5. The van der Waals surface area contributed by atoms with Gasteiger partial charge in [-0.1, -0.05) is 5.16 Å². The zero-order valence-corrected chi connectivity index (χ0v) is 14.6. The van der Waals surface area contributed by atoms with Crippen LogP contribution in [0.2, 0.25) is 0 Å². The molecule has 1 amide bonds. The Bertz CT molecular complexity index is 968. The molecule has 1 aliphatic rings. The lowest BCUT2D eigenvalue weighted by Gasteiger charge is -2.37. The average Bonchev–Trinajstić information content (AvgIpc) is 3.13. The van der Waals surface area contributed by atoms with Gasteiger partial charge in [0.1, 0.15) is 11.4 Å². The van der Waals surface area contributed by atoms with Gasteiger partial charge in [0.25, 0.3) is 0 Å². The monoisotopic (exact) mass is 359 g/mol. The maximum absolute atomic E-state index is 14.3. The second-order valence-electron chi connectivity index (χ2n) is 7.29. The molecule has 0 radical (unpaired) electrons. The van der Waals surface area contributed by atoms with Gasteiger partial charge in [-0.15, -0.1) is 0 Å². The number of hydrogen-bond donors (Lipinski definition) is 1. The molecule has 3 aromatic rings. The molecule has 1 aliphatic heterocycles. The van der Waals surface area contributed by atoms with Crippen LogP contribution in [0.15, 0.2) is 22.9 Å². The lowest BCUT2D eigenvalue weighted by molar-refractivity contribution is 0.00558. The maximum Gasteiger partial charge on any atom is 0.410 e. The van der Waals surface area contributed by atoms with Gasteiger partial charge in [0.2, 0.25) is 11.7 Å². The Hall–Kier alpha value is -2.97. The van der Waals surface area contributed by atoms with E-state index in [0.29, 0.717) is 29.9 Å². The fraction of sp³-hybridized carbons (Fsp3) is 0.412. The van der Waals surface area contributed by atoms with Gasteiger partial charge in [-0.2, -0.15) is 10.1 Å². The summed E-state index contributed by atoms with van der Waals surface area (Å²) in [6.07, 6.45) is 1.15. The summed E-state index contributed by atoms with van der Waals surface area (Å²) in [5.41, 5.74) is 0.391. The van der Waals surface area contributed by atoms with E-state index in [9.17, 15) is 9.18 Å². The molecule has 26 heavy (non-hydrogen) atoms. The summed E-state index contributed by atoms with van der Waals surface area (Å²) in [7, 11) is 0. The zero-order valence-electron chi connectivity index (χ0n) is 14.6. The van der Waals surface area contributed by atoms with Crippen molar-refractivity contribution in [3.63, 3.8) is 0 Å². The number of carbonyl (C=O) groups excluding carboxylic acids is 1. The fourth-order valence-corrected chi connectivity index (χ4v) is 2.83. The van der Waals surface area contributed by atoms with Crippen LogP contribution in [0.25, 0.3) is 22.3 Å². The molecule has 0 unspecified atom stereocenters. The molecule has 1 saturated heterocycles. The minimum atomic E-state index is -0.541. The number of hydrogen-bond acceptors (Lipinski definition) is 6. The Morgan fingerprint density at radius 1 is 1.38 bits per heavy atom. The second kappa shape index (κ2) is 5.79. The van der Waals surface area contributed by atoms with E-state index in [1.54, 1.807) is 11.0 Å². The van der Waals surface area contributed by atoms with E-state index in [1.807, 2.05) is 20.8 Å². The SMILES string of the molecule is CC(C)(C)OC(=O)N1CC(c2nc(-c3c(F)ccc4[nH]ncc34)no2)C1. The van der Waals surface area contributed by atoms with Crippen molar-refractivity contribution < 1.29 is 18.4 Å². The Balaban J connectivity index is 1.51. The number of aromatic nitrogens is 4. The van der Waals surface area contributed by atoms with E-state index in [1.165, 1.54) is 12.3 Å². The van der Waals surface area contributed by atoms with E-state index in [-0.39, 0.29) is 23.4 Å². The van der Waals surface area contributed by atoms with Gasteiger partial charge < -0.3 is 14.2 Å². The highest BCUT2D eigenvalue weighted by molar-refractivity contribution is 5.92. The standard InChI is InChI=1S/C17H18FN5O3/c1-17(2,3)25-16(24)23-7-9(8-23)15-20-14(22-26-15)13-10-6-19-21-12(10)5-4-11(13)18/h4-6,9H,7-8H2,1-3H3,(H,19,21). The summed E-state index contributed by atoms with van der Waals surface area (Å²) in [6, 6.07) is 2.94. The molecule has 1 fully saturated rings. The smallest absolute Gasteiger partial charge is 0.410 e. The highest BCUT2D eigenvalue weighted by Crippen LogP contribution is 2.32. The molecule has 1 aromatic carbocycles. The van der Waals surface area contributed by atoms with Crippen molar-refractivity contribution in [3.05, 3.63) is 30.0 Å². The summed E-state index contributed by atoms with van der Waals surface area (Å²) in [6.45, 7) is 6.30. The number of aromatic amines is 1. The zero-order chi connectivity index (χ0) is 18.5. The number of nitrogens with one attached hydrogen (secondary N) is 1. The van der Waals surface area contributed by atoms with Crippen LogP contribution in [0.1, 0.15) is 32.6 Å². The lowest BCUT2D eigenvalue weighted by atomic mass is 10.0. The van der Waals surface area contributed by atoms with Crippen molar-refractivity contribution in [2.75, 3.05) is 13.1 Å². The number of carbonyl (C=O) groups is 1. The van der Waals surface area contributed by atoms with Crippen molar-refractivity contribution in [1.82, 2.24) is 25.2 Å². The van der Waals surface area contributed by atoms with E-state index in [0.717, 1.165) is 0 Å². The van der Waals surface area contributed by atoms with Crippen LogP contribution in [0.5, 0.6) is 0 Å². The Morgan fingerprint density at radius 2 is 2.15 bits per heavy atom. The van der Waals surface area contributed by atoms with Crippen LogP contribution in [0.3, 0.4) is 0 Å². The van der Waals surface area contributed by atoms with Gasteiger partial charge in [0, 0.05) is 18.5 Å². The number of benzene rings is 1. The van der Waals surface area contributed by atoms with Gasteiger partial charge in [0.15, 0.2) is 0 Å². The van der Waals surface area contributed by atoms with Crippen LogP contribution in [-0.4, -0.2) is 50.0 Å². The van der Waals surface area contributed by atoms with Crippen LogP contribution < -0.4 is 0 Å². The molecule has 1 N–H and O–H groups in total. The fourth-order valence-electron chi connectivity index (χ4n) is 2.83. The Morgan fingerprint density at radius 3 is 2.88 bits per heavy atom. The average molecular weight is 359 g/mol. The van der Waals surface area contributed by atoms with E-state index in [4.69, 9.17) is 9.26 Å². The number of rotatable bonds is 2. The first-order valence-corrected chi connectivity index (χ1v) is 8.25. The number of halogens is 1. The van der Waals surface area contributed by atoms with Gasteiger partial charge in [-0.25, -0.2) is 9.18 Å². The highest BCUT2D eigenvalue weighted by atomic mass is 19.1. The number of nitrogens with zero attached hydrogens (tertiary/aromatic N) is 4. The van der Waals surface area contributed by atoms with Crippen molar-refractivity contribution in [2.24, 2.45) is 0 Å². The van der Waals surface area contributed by atoms with Gasteiger partial charge in [-0.3, -0.25) is 5.10 Å². The molecule has 3 heterocycles. The summed E-state index contributed by atoms with van der Waals surface area (Å²) in [5.74, 6) is 0.00514. The third-order valence-electron chi connectivity index (χ3n) is 4.12. The molecule has 2 aromatic heterocycles. The van der Waals surface area contributed by atoms with E-state index in [2.05, 4.69) is 20.3 Å². The molecule has 4 rings (SSSR count). The molecular weight excluding hydrogens is 341 g/mol. The molecule has 0 spiro atoms. The quantitative estimate of drug-likeness (QED) is 0.755. The summed E-state index contributed by atoms with van der Waals surface area (Å²) < 4.78 is 24.9. The van der Waals surface area contributed by atoms with Crippen LogP contribution >= 0.6 is 0 Å². The summed E-state index contributed by atoms with van der Waals surface area (Å²) in [5, 5.41) is 11.2. The van der Waals surface area contributed by atoms with Crippen LogP contribution in [0, 0.1) is 5.82 Å². The predicted octanol–water partition coefficient (Wildman–Crippen LogP) is 3.09. The molecule has 136 valence electrons. The molecule has 9 heteroatoms. The maximum atomic E-state index is 14.3. The number of likely N-dealkylation sites (tertiary alicyclic amines) is 1. The first-order chi connectivity index (χ1) is 12.3. The molecule has 0 saturated carbocycles. The molecule has 0 atom stereocenters. The van der Waals surface area contributed by atoms with E-state index < -0.39 is 11.4 Å². The van der Waals surface area contributed by atoms with Gasteiger partial charge >= 0.3 is 6.09 Å². The summed E-state index contributed by atoms with van der Waals surface area (Å²) in [4.78, 5) is 17.9. The van der Waals surface area contributed by atoms with Gasteiger partial charge in [0.05, 0.1) is 23.2 Å². The Kier molecular flexibility index (Phi) is 3.67. The van der Waals surface area contributed by atoms with E-state index >= 15 is 0 Å². The number of amides is 1. The topological polar surface area (TPSA) is 97.1 Å². The van der Waals surface area contributed by atoms with Gasteiger partial charge in [-0.05, 0) is 32.9 Å². The minimum Gasteiger partial charge on any atom is -0.444 e. The summed E-state index contributed by atoms with van der Waals surface area (Å²) >= 11 is 0.